The van der Waals surface area contributed by atoms with Crippen LogP contribution < -0.4 is 5.32 Å². The first kappa shape index (κ1) is 20.2. The van der Waals surface area contributed by atoms with E-state index in [0.717, 1.165) is 64.2 Å². The summed E-state index contributed by atoms with van der Waals surface area (Å²) in [5.41, 5.74) is 1.58. The fourth-order valence-electron chi connectivity index (χ4n) is 4.18. The lowest BCUT2D eigenvalue weighted by Crippen LogP contribution is -2.45. The van der Waals surface area contributed by atoms with Crippen LogP contribution in [0.4, 0.5) is 0 Å². The highest BCUT2D eigenvalue weighted by Gasteiger charge is 2.28. The standard InChI is InChI=1S/C22H36N4O/c1-22(2,15-19-7-5-4-6-8-19)18-24-21(23-3)26-10-9-20(17-26)16-25-11-13-27-14-12-25/h4-8,20H,9-18H2,1-3H3,(H,23,24). The van der Waals surface area contributed by atoms with Crippen LogP contribution in [0.5, 0.6) is 0 Å². The third-order valence-corrected chi connectivity index (χ3v) is 5.67. The van der Waals surface area contributed by atoms with Gasteiger partial charge in [0.25, 0.3) is 0 Å². The van der Waals surface area contributed by atoms with Gasteiger partial charge in [-0.2, -0.15) is 0 Å². The van der Waals surface area contributed by atoms with Crippen molar-refractivity contribution in [3.8, 4) is 0 Å². The van der Waals surface area contributed by atoms with E-state index < -0.39 is 0 Å². The van der Waals surface area contributed by atoms with E-state index in [1.54, 1.807) is 0 Å². The lowest BCUT2D eigenvalue weighted by molar-refractivity contribution is 0.0315. The van der Waals surface area contributed by atoms with Crippen LogP contribution in [0.15, 0.2) is 35.3 Å². The Morgan fingerprint density at radius 2 is 1.93 bits per heavy atom. The van der Waals surface area contributed by atoms with Gasteiger partial charge >= 0.3 is 0 Å². The number of nitrogens with zero attached hydrogens (tertiary/aromatic N) is 3. The smallest absolute Gasteiger partial charge is 0.193 e. The molecule has 1 unspecified atom stereocenters. The molecule has 1 N–H and O–H groups in total. The summed E-state index contributed by atoms with van der Waals surface area (Å²) < 4.78 is 5.47. The highest BCUT2D eigenvalue weighted by molar-refractivity contribution is 5.80. The number of guanidine groups is 1. The third-order valence-electron chi connectivity index (χ3n) is 5.67. The van der Waals surface area contributed by atoms with Gasteiger partial charge in [0.1, 0.15) is 0 Å². The molecule has 2 saturated heterocycles. The first-order chi connectivity index (χ1) is 13.1. The van der Waals surface area contributed by atoms with Gasteiger partial charge in [-0.3, -0.25) is 9.89 Å². The summed E-state index contributed by atoms with van der Waals surface area (Å²) in [5, 5.41) is 3.64. The summed E-state index contributed by atoms with van der Waals surface area (Å²) in [7, 11) is 1.90. The molecule has 0 aliphatic carbocycles. The molecular weight excluding hydrogens is 336 g/mol. The summed E-state index contributed by atoms with van der Waals surface area (Å²) >= 11 is 0. The maximum absolute atomic E-state index is 5.47. The van der Waals surface area contributed by atoms with Gasteiger partial charge in [0.05, 0.1) is 13.2 Å². The predicted molar refractivity (Wildman–Crippen MR) is 112 cm³/mol. The molecule has 0 saturated carbocycles. The van der Waals surface area contributed by atoms with E-state index in [-0.39, 0.29) is 5.41 Å². The average Bonchev–Trinajstić information content (AvgIpc) is 3.12. The maximum atomic E-state index is 5.47. The maximum Gasteiger partial charge on any atom is 0.193 e. The van der Waals surface area contributed by atoms with Gasteiger partial charge in [-0.25, -0.2) is 0 Å². The van der Waals surface area contributed by atoms with Crippen LogP contribution in [0.25, 0.3) is 0 Å². The second kappa shape index (κ2) is 9.56. The van der Waals surface area contributed by atoms with Gasteiger partial charge in [0.15, 0.2) is 5.96 Å². The average molecular weight is 373 g/mol. The predicted octanol–water partition coefficient (Wildman–Crippen LogP) is 2.48. The van der Waals surface area contributed by atoms with Crippen LogP contribution in [0.1, 0.15) is 25.8 Å². The molecule has 0 spiro atoms. The van der Waals surface area contributed by atoms with Crippen LogP contribution in [-0.2, 0) is 11.2 Å². The molecule has 2 heterocycles. The van der Waals surface area contributed by atoms with Crippen LogP contribution >= 0.6 is 0 Å². The molecule has 1 atom stereocenters. The lowest BCUT2D eigenvalue weighted by atomic mass is 9.86. The third kappa shape index (κ3) is 6.22. The molecule has 1 aromatic rings. The Morgan fingerprint density at radius 1 is 1.19 bits per heavy atom. The Bertz CT molecular complexity index is 596. The van der Waals surface area contributed by atoms with Crippen LogP contribution in [0.2, 0.25) is 0 Å². The quantitative estimate of drug-likeness (QED) is 0.615. The number of morpholine rings is 1. The van der Waals surface area contributed by atoms with E-state index in [1.807, 2.05) is 7.05 Å². The molecule has 0 amide bonds. The minimum absolute atomic E-state index is 0.185. The topological polar surface area (TPSA) is 40.1 Å². The zero-order chi connectivity index (χ0) is 19.1. The Balaban J connectivity index is 1.46. The van der Waals surface area contributed by atoms with Crippen molar-refractivity contribution < 1.29 is 4.74 Å². The fraction of sp³-hybridized carbons (Fsp3) is 0.682. The molecule has 2 fully saturated rings. The Morgan fingerprint density at radius 3 is 2.63 bits per heavy atom. The number of ether oxygens (including phenoxy) is 1. The van der Waals surface area contributed by atoms with Gasteiger partial charge in [-0.05, 0) is 29.7 Å². The summed E-state index contributed by atoms with van der Waals surface area (Å²) in [4.78, 5) is 9.55. The number of aliphatic imine (C=N–C) groups is 1. The van der Waals surface area contributed by atoms with E-state index in [0.29, 0.717) is 0 Å². The highest BCUT2D eigenvalue weighted by Crippen LogP contribution is 2.22. The minimum atomic E-state index is 0.185. The molecular formula is C22H36N4O. The van der Waals surface area contributed by atoms with E-state index >= 15 is 0 Å². The van der Waals surface area contributed by atoms with Crippen molar-refractivity contribution in [2.45, 2.75) is 26.7 Å². The zero-order valence-electron chi connectivity index (χ0n) is 17.3. The number of hydrogen-bond acceptors (Lipinski definition) is 3. The zero-order valence-corrected chi connectivity index (χ0v) is 17.3. The van der Waals surface area contributed by atoms with E-state index in [2.05, 4.69) is 64.3 Å². The van der Waals surface area contributed by atoms with Crippen molar-refractivity contribution in [2.24, 2.45) is 16.3 Å². The molecule has 27 heavy (non-hydrogen) atoms. The Labute approximate surface area is 164 Å². The molecule has 1 aromatic carbocycles. The fourth-order valence-corrected chi connectivity index (χ4v) is 4.18. The largest absolute Gasteiger partial charge is 0.379 e. The number of nitrogens with one attached hydrogen (secondary N) is 1. The molecule has 150 valence electrons. The van der Waals surface area contributed by atoms with Crippen LogP contribution in [0, 0.1) is 11.3 Å². The second-order valence-electron chi connectivity index (χ2n) is 8.74. The molecule has 0 radical (unpaired) electrons. The van der Waals surface area contributed by atoms with Gasteiger partial charge in [0.2, 0.25) is 0 Å². The lowest BCUT2D eigenvalue weighted by Gasteiger charge is -2.30. The Kier molecular flexibility index (Phi) is 7.13. The molecule has 2 aliphatic heterocycles. The summed E-state index contributed by atoms with van der Waals surface area (Å²) in [6, 6.07) is 10.8. The molecule has 0 bridgehead atoms. The summed E-state index contributed by atoms with van der Waals surface area (Å²) in [5.74, 6) is 1.79. The number of hydrogen-bond donors (Lipinski definition) is 1. The normalized spacial score (nSPS) is 22.3. The van der Waals surface area contributed by atoms with Crippen molar-refractivity contribution in [2.75, 3.05) is 59.5 Å². The highest BCUT2D eigenvalue weighted by atomic mass is 16.5. The monoisotopic (exact) mass is 372 g/mol. The van der Waals surface area contributed by atoms with E-state index in [4.69, 9.17) is 4.74 Å². The summed E-state index contributed by atoms with van der Waals surface area (Å²) in [6.07, 6.45) is 2.32. The Hall–Kier alpha value is -1.59. The van der Waals surface area contributed by atoms with Crippen molar-refractivity contribution in [3.05, 3.63) is 35.9 Å². The summed E-state index contributed by atoms with van der Waals surface area (Å²) in [6.45, 7) is 12.9. The van der Waals surface area contributed by atoms with Gasteiger partial charge in [-0.1, -0.05) is 44.2 Å². The second-order valence-corrected chi connectivity index (χ2v) is 8.74. The minimum Gasteiger partial charge on any atom is -0.379 e. The van der Waals surface area contributed by atoms with Crippen molar-refractivity contribution >= 4 is 5.96 Å². The van der Waals surface area contributed by atoms with Crippen LogP contribution in [0.3, 0.4) is 0 Å². The van der Waals surface area contributed by atoms with E-state index in [1.165, 1.54) is 18.5 Å². The van der Waals surface area contributed by atoms with Crippen molar-refractivity contribution in [1.29, 1.82) is 0 Å². The van der Waals surface area contributed by atoms with E-state index in [9.17, 15) is 0 Å². The molecule has 3 rings (SSSR count). The molecule has 2 aliphatic rings. The SMILES string of the molecule is CN=C(NCC(C)(C)Cc1ccccc1)N1CCC(CN2CCOCC2)C1. The number of likely N-dealkylation sites (tertiary alicyclic amines) is 1. The number of rotatable bonds is 6. The van der Waals surface area contributed by atoms with Gasteiger partial charge in [0, 0.05) is 46.3 Å². The molecule has 5 heteroatoms. The van der Waals surface area contributed by atoms with Gasteiger partial charge < -0.3 is 15.0 Å². The van der Waals surface area contributed by atoms with Crippen molar-refractivity contribution in [3.63, 3.8) is 0 Å². The molecule has 5 nitrogen and oxygen atoms in total. The van der Waals surface area contributed by atoms with Crippen molar-refractivity contribution in [1.82, 2.24) is 15.1 Å². The molecule has 0 aromatic heterocycles. The number of benzene rings is 1. The van der Waals surface area contributed by atoms with Gasteiger partial charge in [-0.15, -0.1) is 0 Å². The first-order valence-electron chi connectivity index (χ1n) is 10.4. The first-order valence-corrected chi connectivity index (χ1v) is 10.4. The van der Waals surface area contributed by atoms with Crippen LogP contribution in [-0.4, -0.2) is 75.3 Å².